The van der Waals surface area contributed by atoms with E-state index in [0.717, 1.165) is 24.2 Å². The van der Waals surface area contributed by atoms with Crippen molar-refractivity contribution in [2.75, 3.05) is 0 Å². The van der Waals surface area contributed by atoms with Gasteiger partial charge in [0.25, 0.3) is 0 Å². The Balaban J connectivity index is 0.00000100. The van der Waals surface area contributed by atoms with Crippen LogP contribution in [0.1, 0.15) is 50.9 Å². The zero-order valence-corrected chi connectivity index (χ0v) is 14.5. The predicted octanol–water partition coefficient (Wildman–Crippen LogP) is 4.35. The molecule has 1 saturated carbocycles. The zero-order chi connectivity index (χ0) is 17.0. The van der Waals surface area contributed by atoms with Crippen LogP contribution in [0.15, 0.2) is 58.8 Å². The van der Waals surface area contributed by atoms with Crippen molar-refractivity contribution in [3.8, 4) is 0 Å². The SMILES string of the molecule is C(=NC1CCCCC1N=Cc1ccccn1)c1ccccn1.CC. The summed E-state index contributed by atoms with van der Waals surface area (Å²) in [6.45, 7) is 4.00. The van der Waals surface area contributed by atoms with E-state index in [-0.39, 0.29) is 12.1 Å². The molecular formula is C20H26N4. The molecule has 4 nitrogen and oxygen atoms in total. The Kier molecular flexibility index (Phi) is 7.81. The summed E-state index contributed by atoms with van der Waals surface area (Å²) in [4.78, 5) is 18.0. The highest BCUT2D eigenvalue weighted by atomic mass is 14.9. The van der Waals surface area contributed by atoms with Crippen LogP contribution in [0.2, 0.25) is 0 Å². The van der Waals surface area contributed by atoms with E-state index in [4.69, 9.17) is 9.98 Å². The summed E-state index contributed by atoms with van der Waals surface area (Å²) in [5.74, 6) is 0. The van der Waals surface area contributed by atoms with E-state index in [9.17, 15) is 0 Å². The summed E-state index contributed by atoms with van der Waals surface area (Å²) in [5.41, 5.74) is 1.81. The second kappa shape index (κ2) is 10.4. The van der Waals surface area contributed by atoms with Crippen LogP contribution >= 0.6 is 0 Å². The van der Waals surface area contributed by atoms with E-state index >= 15 is 0 Å². The lowest BCUT2D eigenvalue weighted by Crippen LogP contribution is -2.27. The van der Waals surface area contributed by atoms with Crippen molar-refractivity contribution < 1.29 is 0 Å². The molecule has 1 fully saturated rings. The molecule has 0 bridgehead atoms. The van der Waals surface area contributed by atoms with Gasteiger partial charge in [-0.25, -0.2) is 0 Å². The molecule has 0 spiro atoms. The van der Waals surface area contributed by atoms with Crippen LogP contribution in [0.5, 0.6) is 0 Å². The standard InChI is InChI=1S/C18H20N4.C2H6/c1-2-10-18(22-14-16-8-4-6-12-20-16)17(9-1)21-13-15-7-3-5-11-19-15;1-2/h3-8,11-14,17-18H,1-2,9-10H2;1-2H3. The van der Waals surface area contributed by atoms with Crippen LogP contribution in [-0.2, 0) is 0 Å². The largest absolute Gasteiger partial charge is 0.285 e. The molecule has 0 radical (unpaired) electrons. The summed E-state index contributed by atoms with van der Waals surface area (Å²) in [7, 11) is 0. The van der Waals surface area contributed by atoms with Crippen molar-refractivity contribution in [2.45, 2.75) is 51.6 Å². The van der Waals surface area contributed by atoms with E-state index in [1.165, 1.54) is 12.8 Å². The van der Waals surface area contributed by atoms with Crippen LogP contribution in [-0.4, -0.2) is 34.5 Å². The van der Waals surface area contributed by atoms with Crippen LogP contribution in [0.3, 0.4) is 0 Å². The molecule has 0 amide bonds. The monoisotopic (exact) mass is 322 g/mol. The second-order valence-corrected chi connectivity index (χ2v) is 5.48. The summed E-state index contributed by atoms with van der Waals surface area (Å²) < 4.78 is 0. The van der Waals surface area contributed by atoms with Crippen molar-refractivity contribution in [1.82, 2.24) is 9.97 Å². The third kappa shape index (κ3) is 5.69. The molecule has 2 heterocycles. The van der Waals surface area contributed by atoms with Crippen LogP contribution in [0.4, 0.5) is 0 Å². The number of aromatic nitrogens is 2. The number of hydrogen-bond donors (Lipinski definition) is 0. The lowest BCUT2D eigenvalue weighted by atomic mass is 9.91. The molecule has 0 saturated heterocycles. The van der Waals surface area contributed by atoms with Gasteiger partial charge in [-0.15, -0.1) is 0 Å². The molecule has 2 aromatic heterocycles. The Morgan fingerprint density at radius 1 is 0.792 bits per heavy atom. The minimum absolute atomic E-state index is 0.246. The normalized spacial score (nSPS) is 20.8. The van der Waals surface area contributed by atoms with E-state index in [0.29, 0.717) is 0 Å². The zero-order valence-electron chi connectivity index (χ0n) is 14.5. The van der Waals surface area contributed by atoms with Crippen molar-refractivity contribution in [3.05, 3.63) is 60.2 Å². The van der Waals surface area contributed by atoms with Crippen molar-refractivity contribution in [3.63, 3.8) is 0 Å². The number of pyridine rings is 2. The van der Waals surface area contributed by atoms with Gasteiger partial charge in [-0.1, -0.05) is 38.8 Å². The molecule has 0 aliphatic heterocycles. The number of hydrogen-bond acceptors (Lipinski definition) is 4. The lowest BCUT2D eigenvalue weighted by Gasteiger charge is -2.25. The van der Waals surface area contributed by atoms with Gasteiger partial charge in [0.15, 0.2) is 0 Å². The minimum atomic E-state index is 0.246. The first-order valence-corrected chi connectivity index (χ1v) is 8.80. The maximum atomic E-state index is 4.73. The molecule has 0 aromatic carbocycles. The summed E-state index contributed by atoms with van der Waals surface area (Å²) in [6.07, 6.45) is 12.0. The van der Waals surface area contributed by atoms with Crippen molar-refractivity contribution in [2.24, 2.45) is 9.98 Å². The molecule has 126 valence electrons. The Hall–Kier alpha value is -2.36. The quantitative estimate of drug-likeness (QED) is 0.786. The lowest BCUT2D eigenvalue weighted by molar-refractivity contribution is 0.390. The molecule has 3 rings (SSSR count). The highest BCUT2D eigenvalue weighted by Crippen LogP contribution is 2.23. The molecule has 24 heavy (non-hydrogen) atoms. The third-order valence-electron chi connectivity index (χ3n) is 3.87. The van der Waals surface area contributed by atoms with Crippen LogP contribution < -0.4 is 0 Å². The molecule has 1 aliphatic rings. The van der Waals surface area contributed by atoms with Crippen molar-refractivity contribution >= 4 is 12.4 Å². The van der Waals surface area contributed by atoms with E-state index in [1.807, 2.05) is 62.7 Å². The second-order valence-electron chi connectivity index (χ2n) is 5.48. The highest BCUT2D eigenvalue weighted by Gasteiger charge is 2.23. The molecule has 0 N–H and O–H groups in total. The molecule has 2 atom stereocenters. The predicted molar refractivity (Wildman–Crippen MR) is 101 cm³/mol. The topological polar surface area (TPSA) is 50.5 Å². The van der Waals surface area contributed by atoms with Gasteiger partial charge in [0.05, 0.1) is 23.5 Å². The molecule has 2 aromatic rings. The third-order valence-corrected chi connectivity index (χ3v) is 3.87. The smallest absolute Gasteiger partial charge is 0.0807 e. The fraction of sp³-hybridized carbons (Fsp3) is 0.400. The Morgan fingerprint density at radius 2 is 1.25 bits per heavy atom. The van der Waals surface area contributed by atoms with Gasteiger partial charge in [-0.2, -0.15) is 0 Å². The first kappa shape index (κ1) is 18.0. The minimum Gasteiger partial charge on any atom is -0.285 e. The molecular weight excluding hydrogens is 296 g/mol. The average Bonchev–Trinajstić information content (AvgIpc) is 2.68. The molecule has 4 heteroatoms. The van der Waals surface area contributed by atoms with Crippen LogP contribution in [0, 0.1) is 0 Å². The fourth-order valence-corrected chi connectivity index (χ4v) is 2.69. The Labute approximate surface area is 144 Å². The van der Waals surface area contributed by atoms with Gasteiger partial charge in [0.1, 0.15) is 0 Å². The first-order chi connectivity index (χ1) is 11.9. The van der Waals surface area contributed by atoms with Crippen LogP contribution in [0.25, 0.3) is 0 Å². The number of aliphatic imine (C=N–C) groups is 2. The summed E-state index contributed by atoms with van der Waals surface area (Å²) >= 11 is 0. The maximum Gasteiger partial charge on any atom is 0.0807 e. The highest BCUT2D eigenvalue weighted by molar-refractivity contribution is 5.77. The summed E-state index contributed by atoms with van der Waals surface area (Å²) in [5, 5.41) is 0. The van der Waals surface area contributed by atoms with Gasteiger partial charge in [0, 0.05) is 24.8 Å². The van der Waals surface area contributed by atoms with E-state index in [1.54, 1.807) is 12.4 Å². The van der Waals surface area contributed by atoms with E-state index in [2.05, 4.69) is 9.97 Å². The summed E-state index contributed by atoms with van der Waals surface area (Å²) in [6, 6.07) is 12.2. The van der Waals surface area contributed by atoms with Gasteiger partial charge in [-0.3, -0.25) is 20.0 Å². The van der Waals surface area contributed by atoms with E-state index < -0.39 is 0 Å². The van der Waals surface area contributed by atoms with Crippen molar-refractivity contribution in [1.29, 1.82) is 0 Å². The Bertz CT molecular complexity index is 565. The van der Waals surface area contributed by atoms with Gasteiger partial charge >= 0.3 is 0 Å². The Morgan fingerprint density at radius 3 is 1.62 bits per heavy atom. The average molecular weight is 322 g/mol. The molecule has 2 unspecified atom stereocenters. The van der Waals surface area contributed by atoms with Gasteiger partial charge < -0.3 is 0 Å². The fourth-order valence-electron chi connectivity index (χ4n) is 2.69. The molecule has 1 aliphatic carbocycles. The van der Waals surface area contributed by atoms with Gasteiger partial charge in [-0.05, 0) is 37.1 Å². The van der Waals surface area contributed by atoms with Gasteiger partial charge in [0.2, 0.25) is 0 Å². The maximum absolute atomic E-state index is 4.73. The number of nitrogens with zero attached hydrogens (tertiary/aromatic N) is 4. The number of rotatable bonds is 4. The first-order valence-electron chi connectivity index (χ1n) is 8.80.